The first-order chi connectivity index (χ1) is 18.9. The van der Waals surface area contributed by atoms with Gasteiger partial charge >= 0.3 is 12.1 Å². The molecule has 0 radical (unpaired) electrons. The number of fused-ring (bicyclic) bond motifs is 1. The number of pyridine rings is 1. The Morgan fingerprint density at radius 2 is 1.77 bits per heavy atom. The minimum absolute atomic E-state index is 0.0490. The first-order valence-corrected chi connectivity index (χ1v) is 12.7. The summed E-state index contributed by atoms with van der Waals surface area (Å²) in [6, 6.07) is 13.4. The standard InChI is InChI=1S/C27H28ClN3O8/c28-20-7-5-18(6-8-20)25(33)30-23(15-19-16-24(32)29-22-4-2-1-3-21(19)22)26(34)38-17-39-27(35)37-14-11-31-9-12-36-13-10-31/h1-8,16,23H,9-15,17H2,(H,29,32)(H,30,33). The van der Waals surface area contributed by atoms with E-state index in [1.54, 1.807) is 36.4 Å². The number of H-pyrrole nitrogens is 1. The summed E-state index contributed by atoms with van der Waals surface area (Å²) in [6.07, 6.45) is -1.04. The van der Waals surface area contributed by atoms with Crippen molar-refractivity contribution in [3.8, 4) is 0 Å². The summed E-state index contributed by atoms with van der Waals surface area (Å²) in [5.74, 6) is -1.41. The fraction of sp³-hybridized carbons (Fsp3) is 0.333. The molecule has 0 spiro atoms. The molecule has 1 atom stereocenters. The van der Waals surface area contributed by atoms with E-state index in [0.717, 1.165) is 13.1 Å². The van der Waals surface area contributed by atoms with Gasteiger partial charge in [0.2, 0.25) is 12.4 Å². The number of nitrogens with one attached hydrogen (secondary N) is 2. The molecule has 3 aromatic rings. The Labute approximate surface area is 228 Å². The van der Waals surface area contributed by atoms with E-state index in [2.05, 4.69) is 15.2 Å². The molecule has 12 heteroatoms. The molecular weight excluding hydrogens is 530 g/mol. The van der Waals surface area contributed by atoms with Crippen LogP contribution in [0.5, 0.6) is 0 Å². The number of nitrogens with zero attached hydrogens (tertiary/aromatic N) is 1. The van der Waals surface area contributed by atoms with Gasteiger partial charge in [-0.1, -0.05) is 29.8 Å². The highest BCUT2D eigenvalue weighted by Gasteiger charge is 2.25. The van der Waals surface area contributed by atoms with Crippen LogP contribution < -0.4 is 10.9 Å². The minimum Gasteiger partial charge on any atom is -0.433 e. The van der Waals surface area contributed by atoms with Crippen LogP contribution >= 0.6 is 11.6 Å². The number of para-hydroxylation sites is 1. The molecule has 1 aliphatic heterocycles. The van der Waals surface area contributed by atoms with Gasteiger partial charge in [-0.25, -0.2) is 9.59 Å². The summed E-state index contributed by atoms with van der Waals surface area (Å²) in [5, 5.41) is 3.79. The fourth-order valence-corrected chi connectivity index (χ4v) is 4.19. The number of aromatic amines is 1. The third-order valence-corrected chi connectivity index (χ3v) is 6.32. The highest BCUT2D eigenvalue weighted by molar-refractivity contribution is 6.30. The number of aromatic nitrogens is 1. The van der Waals surface area contributed by atoms with Crippen molar-refractivity contribution in [1.29, 1.82) is 0 Å². The molecule has 0 bridgehead atoms. The van der Waals surface area contributed by atoms with Gasteiger partial charge in [0.1, 0.15) is 12.6 Å². The first-order valence-electron chi connectivity index (χ1n) is 12.3. The zero-order valence-electron chi connectivity index (χ0n) is 21.0. The molecular formula is C27H28ClN3O8. The van der Waals surface area contributed by atoms with Gasteiger partial charge in [0.25, 0.3) is 5.91 Å². The van der Waals surface area contributed by atoms with Crippen LogP contribution in [0.1, 0.15) is 15.9 Å². The predicted molar refractivity (Wildman–Crippen MR) is 142 cm³/mol. The highest BCUT2D eigenvalue weighted by atomic mass is 35.5. The summed E-state index contributed by atoms with van der Waals surface area (Å²) in [4.78, 5) is 54.8. The monoisotopic (exact) mass is 557 g/mol. The van der Waals surface area contributed by atoms with Gasteiger partial charge in [0.05, 0.1) is 13.2 Å². The number of hydrogen-bond acceptors (Lipinski definition) is 9. The van der Waals surface area contributed by atoms with Crippen molar-refractivity contribution in [2.24, 2.45) is 0 Å². The lowest BCUT2D eigenvalue weighted by Crippen LogP contribution is -2.44. The number of carbonyl (C=O) groups excluding carboxylic acids is 3. The van der Waals surface area contributed by atoms with Crippen molar-refractivity contribution in [1.82, 2.24) is 15.2 Å². The minimum atomic E-state index is -1.20. The van der Waals surface area contributed by atoms with E-state index in [0.29, 0.717) is 41.2 Å². The molecule has 2 heterocycles. The van der Waals surface area contributed by atoms with Gasteiger partial charge in [-0.15, -0.1) is 0 Å². The number of benzene rings is 2. The van der Waals surface area contributed by atoms with Crippen molar-refractivity contribution in [2.75, 3.05) is 46.2 Å². The van der Waals surface area contributed by atoms with E-state index in [1.165, 1.54) is 18.2 Å². The van der Waals surface area contributed by atoms with Crippen molar-refractivity contribution < 1.29 is 33.3 Å². The van der Waals surface area contributed by atoms with Crippen LogP contribution in [-0.2, 0) is 30.2 Å². The van der Waals surface area contributed by atoms with E-state index in [-0.39, 0.29) is 24.2 Å². The lowest BCUT2D eigenvalue weighted by molar-refractivity contribution is -0.155. The fourth-order valence-electron chi connectivity index (χ4n) is 4.06. The number of esters is 1. The summed E-state index contributed by atoms with van der Waals surface area (Å²) in [5.41, 5.74) is 1.02. The number of rotatable bonds is 10. The number of morpholine rings is 1. The zero-order valence-corrected chi connectivity index (χ0v) is 21.8. The van der Waals surface area contributed by atoms with E-state index < -0.39 is 30.9 Å². The molecule has 39 heavy (non-hydrogen) atoms. The Morgan fingerprint density at radius 1 is 1.03 bits per heavy atom. The van der Waals surface area contributed by atoms with Crippen LogP contribution in [0.25, 0.3) is 10.9 Å². The summed E-state index contributed by atoms with van der Waals surface area (Å²) < 4.78 is 20.3. The molecule has 2 aromatic carbocycles. The molecule has 1 unspecified atom stereocenters. The van der Waals surface area contributed by atoms with Crippen molar-refractivity contribution >= 4 is 40.5 Å². The van der Waals surface area contributed by atoms with E-state index in [4.69, 9.17) is 30.5 Å². The van der Waals surface area contributed by atoms with Crippen LogP contribution in [0, 0.1) is 0 Å². The Bertz CT molecular complexity index is 1360. The second kappa shape index (κ2) is 13.7. The maximum Gasteiger partial charge on any atom is 0.511 e. The Kier molecular flexibility index (Phi) is 9.90. The van der Waals surface area contributed by atoms with Crippen LogP contribution in [-0.4, -0.2) is 80.2 Å². The second-order valence-corrected chi connectivity index (χ2v) is 9.16. The van der Waals surface area contributed by atoms with Crippen molar-refractivity contribution in [3.63, 3.8) is 0 Å². The Morgan fingerprint density at radius 3 is 2.54 bits per heavy atom. The van der Waals surface area contributed by atoms with E-state index in [9.17, 15) is 19.2 Å². The topological polar surface area (TPSA) is 136 Å². The largest absolute Gasteiger partial charge is 0.511 e. The molecule has 4 rings (SSSR count). The van der Waals surface area contributed by atoms with Gasteiger partial charge in [-0.2, -0.15) is 0 Å². The van der Waals surface area contributed by atoms with Crippen LogP contribution in [0.3, 0.4) is 0 Å². The number of halogens is 1. The van der Waals surface area contributed by atoms with Gasteiger partial charge in [0.15, 0.2) is 0 Å². The highest BCUT2D eigenvalue weighted by Crippen LogP contribution is 2.17. The number of carbonyl (C=O) groups is 3. The Balaban J connectivity index is 1.38. The molecule has 206 valence electrons. The first kappa shape index (κ1) is 28.1. The van der Waals surface area contributed by atoms with Crippen LogP contribution in [0.4, 0.5) is 4.79 Å². The van der Waals surface area contributed by atoms with E-state index in [1.807, 2.05) is 0 Å². The third-order valence-electron chi connectivity index (χ3n) is 6.07. The van der Waals surface area contributed by atoms with Gasteiger partial charge in [-0.3, -0.25) is 14.5 Å². The molecule has 1 saturated heterocycles. The van der Waals surface area contributed by atoms with Crippen LogP contribution in [0.15, 0.2) is 59.4 Å². The van der Waals surface area contributed by atoms with Crippen molar-refractivity contribution in [2.45, 2.75) is 12.5 Å². The molecule has 1 aliphatic rings. The molecule has 2 N–H and O–H groups in total. The molecule has 1 amide bonds. The van der Waals surface area contributed by atoms with Gasteiger partial charge < -0.3 is 29.2 Å². The third kappa shape index (κ3) is 8.28. The van der Waals surface area contributed by atoms with Crippen LogP contribution in [0.2, 0.25) is 5.02 Å². The number of ether oxygens (including phenoxy) is 4. The van der Waals surface area contributed by atoms with Crippen molar-refractivity contribution in [3.05, 3.63) is 81.1 Å². The predicted octanol–water partition coefficient (Wildman–Crippen LogP) is 2.51. The van der Waals surface area contributed by atoms with Gasteiger partial charge in [-0.05, 0) is 35.9 Å². The molecule has 11 nitrogen and oxygen atoms in total. The average Bonchev–Trinajstić information content (AvgIpc) is 2.93. The van der Waals surface area contributed by atoms with E-state index >= 15 is 0 Å². The summed E-state index contributed by atoms with van der Waals surface area (Å²) in [6.45, 7) is 2.69. The maximum atomic E-state index is 13.0. The molecule has 0 saturated carbocycles. The summed E-state index contributed by atoms with van der Waals surface area (Å²) in [7, 11) is 0. The lowest BCUT2D eigenvalue weighted by atomic mass is 10.0. The van der Waals surface area contributed by atoms with Gasteiger partial charge in [0, 0.05) is 53.6 Å². The molecule has 1 fully saturated rings. The number of amides is 1. The molecule has 1 aromatic heterocycles. The second-order valence-electron chi connectivity index (χ2n) is 8.72. The quantitative estimate of drug-likeness (QED) is 0.284. The lowest BCUT2D eigenvalue weighted by Gasteiger charge is -2.25. The Hall–Kier alpha value is -3.93. The normalized spacial score (nSPS) is 14.4. The SMILES string of the molecule is O=C(OCCN1CCOCC1)OCOC(=O)C(Cc1cc(=O)[nH]c2ccccc12)NC(=O)c1ccc(Cl)cc1. The smallest absolute Gasteiger partial charge is 0.433 e. The zero-order chi connectivity index (χ0) is 27.6. The molecule has 0 aliphatic carbocycles. The maximum absolute atomic E-state index is 13.0. The summed E-state index contributed by atoms with van der Waals surface area (Å²) >= 11 is 5.91. The number of hydrogen-bond donors (Lipinski definition) is 2. The average molecular weight is 558 g/mol.